The number of ether oxygens (including phenoxy) is 3. The molecule has 0 radical (unpaired) electrons. The summed E-state index contributed by atoms with van der Waals surface area (Å²) in [5, 5.41) is 9.19. The van der Waals surface area contributed by atoms with E-state index in [2.05, 4.69) is 0 Å². The Morgan fingerprint density at radius 2 is 1.85 bits per heavy atom. The number of fused-ring (bicyclic) bond motifs is 1. The minimum Gasteiger partial charge on any atom is -0.497 e. The molecule has 5 nitrogen and oxygen atoms in total. The number of carbonyl (C=O) groups is 1. The second kappa shape index (κ2) is 10.6. The van der Waals surface area contributed by atoms with E-state index >= 15 is 0 Å². The number of carboxylic acid groups (broad SMARTS) is 1. The molecule has 178 valence electrons. The first-order valence-corrected chi connectivity index (χ1v) is 11.6. The lowest BCUT2D eigenvalue weighted by Gasteiger charge is -2.15. The van der Waals surface area contributed by atoms with Gasteiger partial charge in [0.2, 0.25) is 0 Å². The van der Waals surface area contributed by atoms with Crippen molar-refractivity contribution >= 4 is 5.97 Å². The molecule has 0 unspecified atom stereocenters. The van der Waals surface area contributed by atoms with E-state index in [1.54, 1.807) is 19.2 Å². The van der Waals surface area contributed by atoms with Gasteiger partial charge in [-0.1, -0.05) is 25.1 Å². The zero-order valence-electron chi connectivity index (χ0n) is 19.5. The molecule has 3 aromatic rings. The Bertz CT molecular complexity index is 1170. The number of hydrogen-bond donors (Lipinski definition) is 1. The summed E-state index contributed by atoms with van der Waals surface area (Å²) in [6.07, 6.45) is 2.71. The second-order valence-electron chi connectivity index (χ2n) is 8.51. The molecule has 0 saturated heterocycles. The van der Waals surface area contributed by atoms with Crippen LogP contribution in [0.5, 0.6) is 17.2 Å². The minimum absolute atomic E-state index is 0.0298. The fourth-order valence-corrected chi connectivity index (χ4v) is 4.39. The van der Waals surface area contributed by atoms with Gasteiger partial charge in [-0.25, -0.2) is 4.39 Å². The van der Waals surface area contributed by atoms with Crippen molar-refractivity contribution in [3.8, 4) is 28.4 Å². The van der Waals surface area contributed by atoms with Crippen molar-refractivity contribution in [2.45, 2.75) is 45.1 Å². The molecule has 0 bridgehead atoms. The van der Waals surface area contributed by atoms with Crippen molar-refractivity contribution in [1.82, 2.24) is 0 Å². The lowest BCUT2D eigenvalue weighted by molar-refractivity contribution is -0.137. The molecule has 0 aliphatic heterocycles. The predicted octanol–water partition coefficient (Wildman–Crippen LogP) is 6.37. The lowest BCUT2D eigenvalue weighted by atomic mass is 9.98. The van der Waals surface area contributed by atoms with E-state index in [4.69, 9.17) is 14.2 Å². The summed E-state index contributed by atoms with van der Waals surface area (Å²) in [5.41, 5.74) is 4.22. The summed E-state index contributed by atoms with van der Waals surface area (Å²) >= 11 is 0. The highest BCUT2D eigenvalue weighted by Gasteiger charge is 2.25. The summed E-state index contributed by atoms with van der Waals surface area (Å²) in [5.74, 6) is 0.766. The third-order valence-electron chi connectivity index (χ3n) is 6.12. The van der Waals surface area contributed by atoms with Gasteiger partial charge in [-0.15, -0.1) is 0 Å². The number of methoxy groups -OCH3 is 1. The van der Waals surface area contributed by atoms with E-state index < -0.39 is 5.97 Å². The number of hydrogen-bond acceptors (Lipinski definition) is 4. The van der Waals surface area contributed by atoms with Gasteiger partial charge < -0.3 is 19.3 Å². The fraction of sp³-hybridized carbons (Fsp3) is 0.321. The van der Waals surface area contributed by atoms with E-state index in [9.17, 15) is 14.3 Å². The monoisotopic (exact) mass is 464 g/mol. The number of carboxylic acids is 1. The highest BCUT2D eigenvalue weighted by atomic mass is 19.1. The van der Waals surface area contributed by atoms with Gasteiger partial charge in [0.25, 0.3) is 0 Å². The van der Waals surface area contributed by atoms with E-state index in [-0.39, 0.29) is 18.2 Å². The van der Waals surface area contributed by atoms with Gasteiger partial charge in [0.15, 0.2) is 0 Å². The van der Waals surface area contributed by atoms with Crippen LogP contribution in [-0.2, 0) is 17.8 Å². The molecule has 0 fully saturated rings. The van der Waals surface area contributed by atoms with Crippen LogP contribution in [0.1, 0.15) is 48.8 Å². The average molecular weight is 465 g/mol. The molecule has 1 aliphatic rings. The van der Waals surface area contributed by atoms with Gasteiger partial charge >= 0.3 is 5.97 Å². The van der Waals surface area contributed by atoms with Crippen LogP contribution in [0.2, 0.25) is 0 Å². The highest BCUT2D eigenvalue weighted by Crippen LogP contribution is 2.38. The highest BCUT2D eigenvalue weighted by molar-refractivity contribution is 5.72. The fourth-order valence-electron chi connectivity index (χ4n) is 4.39. The number of aliphatic carboxylic acids is 1. The van der Waals surface area contributed by atoms with Gasteiger partial charge in [-0.05, 0) is 78.3 Å². The number of halogens is 1. The third-order valence-corrected chi connectivity index (χ3v) is 6.12. The van der Waals surface area contributed by atoms with Crippen LogP contribution in [0.15, 0.2) is 54.6 Å². The Labute approximate surface area is 199 Å². The van der Waals surface area contributed by atoms with Crippen molar-refractivity contribution in [3.05, 3.63) is 77.1 Å². The normalized spacial score (nSPS) is 14.5. The SMILES string of the molecule is CCCOc1cc(COc2ccc3c(c2)[C@@H](CC(=O)O)CC3)ccc1-c1cc(OC)ccc1F. The molecule has 3 aromatic carbocycles. The van der Waals surface area contributed by atoms with Crippen LogP contribution >= 0.6 is 0 Å². The Morgan fingerprint density at radius 1 is 1.03 bits per heavy atom. The van der Waals surface area contributed by atoms with Crippen LogP contribution in [0.3, 0.4) is 0 Å². The predicted molar refractivity (Wildman–Crippen MR) is 128 cm³/mol. The smallest absolute Gasteiger partial charge is 0.303 e. The minimum atomic E-state index is -0.781. The van der Waals surface area contributed by atoms with Crippen molar-refractivity contribution in [2.24, 2.45) is 0 Å². The molecule has 0 amide bonds. The Morgan fingerprint density at radius 3 is 2.62 bits per heavy atom. The van der Waals surface area contributed by atoms with Crippen LogP contribution in [0, 0.1) is 5.82 Å². The molecule has 0 heterocycles. The Kier molecular flexibility index (Phi) is 7.36. The van der Waals surface area contributed by atoms with Gasteiger partial charge in [0.1, 0.15) is 29.7 Å². The number of rotatable bonds is 10. The first-order chi connectivity index (χ1) is 16.5. The summed E-state index contributed by atoms with van der Waals surface area (Å²) < 4.78 is 31.9. The summed E-state index contributed by atoms with van der Waals surface area (Å²) in [6.45, 7) is 2.84. The standard InChI is InChI=1S/C28H29FO5/c1-3-12-33-27-13-18(4-10-23(27)25-15-21(32-2)9-11-26(25)29)17-34-22-8-7-19-5-6-20(14-28(30)31)24(19)16-22/h4,7-11,13,15-16,20H,3,5-6,12,14,17H2,1-2H3,(H,30,31)/t20-/m1/s1. The lowest BCUT2D eigenvalue weighted by Crippen LogP contribution is -2.04. The van der Waals surface area contributed by atoms with Crippen LogP contribution in [0.4, 0.5) is 4.39 Å². The van der Waals surface area contributed by atoms with Gasteiger partial charge in [-0.3, -0.25) is 4.79 Å². The van der Waals surface area contributed by atoms with E-state index in [0.29, 0.717) is 41.6 Å². The Balaban J connectivity index is 1.55. The Hall–Kier alpha value is -3.54. The maximum atomic E-state index is 14.6. The first kappa shape index (κ1) is 23.6. The molecule has 0 aromatic heterocycles. The quantitative estimate of drug-likeness (QED) is 0.377. The largest absolute Gasteiger partial charge is 0.497 e. The van der Waals surface area contributed by atoms with Gasteiger partial charge in [-0.2, -0.15) is 0 Å². The summed E-state index contributed by atoms with van der Waals surface area (Å²) in [4.78, 5) is 11.2. The zero-order valence-corrected chi connectivity index (χ0v) is 19.5. The first-order valence-electron chi connectivity index (χ1n) is 11.6. The molecule has 1 aliphatic carbocycles. The third kappa shape index (κ3) is 5.33. The van der Waals surface area contributed by atoms with Crippen LogP contribution in [-0.4, -0.2) is 24.8 Å². The van der Waals surface area contributed by atoms with Crippen molar-refractivity contribution in [3.63, 3.8) is 0 Å². The summed E-state index contributed by atoms with van der Waals surface area (Å²) in [6, 6.07) is 16.2. The molecule has 34 heavy (non-hydrogen) atoms. The average Bonchev–Trinajstić information content (AvgIpc) is 3.23. The molecule has 1 N–H and O–H groups in total. The number of benzene rings is 3. The molecule has 0 saturated carbocycles. The van der Waals surface area contributed by atoms with E-state index in [1.807, 2.05) is 43.3 Å². The molecular formula is C28H29FO5. The molecular weight excluding hydrogens is 435 g/mol. The van der Waals surface area contributed by atoms with Crippen molar-refractivity contribution < 1.29 is 28.5 Å². The van der Waals surface area contributed by atoms with Gasteiger partial charge in [0.05, 0.1) is 20.1 Å². The second-order valence-corrected chi connectivity index (χ2v) is 8.51. The van der Waals surface area contributed by atoms with Crippen molar-refractivity contribution in [1.29, 1.82) is 0 Å². The van der Waals surface area contributed by atoms with Crippen LogP contribution in [0.25, 0.3) is 11.1 Å². The molecule has 1 atom stereocenters. The topological polar surface area (TPSA) is 65.0 Å². The molecule has 0 spiro atoms. The van der Waals surface area contributed by atoms with E-state index in [1.165, 1.54) is 11.6 Å². The van der Waals surface area contributed by atoms with E-state index in [0.717, 1.165) is 30.4 Å². The zero-order chi connectivity index (χ0) is 24.1. The molecule has 4 rings (SSSR count). The van der Waals surface area contributed by atoms with Crippen LogP contribution < -0.4 is 14.2 Å². The number of aryl methyl sites for hydroxylation is 1. The maximum absolute atomic E-state index is 14.6. The molecule has 6 heteroatoms. The maximum Gasteiger partial charge on any atom is 0.303 e. The van der Waals surface area contributed by atoms with Crippen molar-refractivity contribution in [2.75, 3.05) is 13.7 Å². The summed E-state index contributed by atoms with van der Waals surface area (Å²) in [7, 11) is 1.55. The van der Waals surface area contributed by atoms with Gasteiger partial charge in [0, 0.05) is 11.1 Å².